The van der Waals surface area contributed by atoms with Crippen LogP contribution in [0.5, 0.6) is 0 Å². The molecule has 132 valence electrons. The molecule has 0 saturated heterocycles. The molecule has 0 spiro atoms. The molecule has 3 unspecified atom stereocenters. The number of anilines is 1. The van der Waals surface area contributed by atoms with Crippen molar-refractivity contribution < 1.29 is 9.47 Å². The Bertz CT molecular complexity index is 742. The Morgan fingerprint density at radius 3 is 2.64 bits per heavy atom. The van der Waals surface area contributed by atoms with Crippen LogP contribution >= 0.6 is 11.6 Å². The molecule has 1 aliphatic carbocycles. The molecule has 3 rings (SSSR count). The highest BCUT2D eigenvalue weighted by Crippen LogP contribution is 2.23. The number of nitrogens with zero attached hydrogens (tertiary/aromatic N) is 2. The molecule has 4 N–H and O–H groups in total. The van der Waals surface area contributed by atoms with Gasteiger partial charge in [0.15, 0.2) is 5.96 Å². The lowest BCUT2D eigenvalue weighted by Crippen LogP contribution is -2.48. The standard InChI is InChI=1S/C17H20ClN5O2/c1-24-12-7-8-14(25-2)13(9-12)15-21-16(19)23-17(22-15)20-11-5-3-10(18)4-6-11/h3-9,13-14,17,20H,1-2H3,(H3,19,21,22,23). The van der Waals surface area contributed by atoms with Crippen LogP contribution in [0.2, 0.25) is 5.02 Å². The number of methoxy groups -OCH3 is 2. The zero-order valence-electron chi connectivity index (χ0n) is 13.9. The second-order valence-corrected chi connectivity index (χ2v) is 5.97. The number of ether oxygens (including phenoxy) is 2. The minimum absolute atomic E-state index is 0.159. The second-order valence-electron chi connectivity index (χ2n) is 5.54. The minimum atomic E-state index is -0.541. The summed E-state index contributed by atoms with van der Waals surface area (Å²) in [4.78, 5) is 8.90. The fourth-order valence-corrected chi connectivity index (χ4v) is 2.78. The highest BCUT2D eigenvalue weighted by atomic mass is 35.5. The van der Waals surface area contributed by atoms with Crippen LogP contribution < -0.4 is 16.4 Å². The lowest BCUT2D eigenvalue weighted by Gasteiger charge is -2.29. The molecule has 7 nitrogen and oxygen atoms in total. The summed E-state index contributed by atoms with van der Waals surface area (Å²) in [7, 11) is 3.27. The molecule has 0 aromatic heterocycles. The van der Waals surface area contributed by atoms with Crippen LogP contribution in [0.15, 0.2) is 58.2 Å². The maximum atomic E-state index is 5.94. The summed E-state index contributed by atoms with van der Waals surface area (Å²) in [6, 6.07) is 7.30. The van der Waals surface area contributed by atoms with Crippen molar-refractivity contribution in [3.8, 4) is 0 Å². The first kappa shape index (κ1) is 17.3. The fourth-order valence-electron chi connectivity index (χ4n) is 2.65. The number of hydrogen-bond donors (Lipinski definition) is 3. The molecular weight excluding hydrogens is 342 g/mol. The second kappa shape index (κ2) is 7.58. The first-order valence-electron chi connectivity index (χ1n) is 7.76. The van der Waals surface area contributed by atoms with Crippen molar-refractivity contribution in [3.63, 3.8) is 0 Å². The van der Waals surface area contributed by atoms with Gasteiger partial charge in [-0.15, -0.1) is 0 Å². The largest absolute Gasteiger partial charge is 0.497 e. The Hall–Kier alpha value is -2.51. The van der Waals surface area contributed by atoms with E-state index in [1.807, 2.05) is 30.4 Å². The Labute approximate surface area is 151 Å². The third kappa shape index (κ3) is 4.12. The van der Waals surface area contributed by atoms with Crippen LogP contribution in [0.4, 0.5) is 5.69 Å². The molecule has 0 radical (unpaired) electrons. The lowest BCUT2D eigenvalue weighted by atomic mass is 9.95. The van der Waals surface area contributed by atoms with Crippen molar-refractivity contribution in [2.45, 2.75) is 12.4 Å². The minimum Gasteiger partial charge on any atom is -0.497 e. The number of halogens is 1. The Balaban J connectivity index is 1.83. The molecule has 3 atom stereocenters. The normalized spacial score (nSPS) is 25.4. The monoisotopic (exact) mass is 361 g/mol. The molecule has 0 fully saturated rings. The van der Waals surface area contributed by atoms with Gasteiger partial charge in [0.25, 0.3) is 0 Å². The zero-order valence-corrected chi connectivity index (χ0v) is 14.7. The van der Waals surface area contributed by atoms with Crippen LogP contribution in [0.25, 0.3) is 0 Å². The Morgan fingerprint density at radius 2 is 1.96 bits per heavy atom. The third-order valence-electron chi connectivity index (χ3n) is 3.89. The number of guanidine groups is 1. The summed E-state index contributed by atoms with van der Waals surface area (Å²) in [5.74, 6) is 1.53. The van der Waals surface area contributed by atoms with Crippen molar-refractivity contribution in [1.82, 2.24) is 5.32 Å². The molecule has 0 bridgehead atoms. The maximum Gasteiger partial charge on any atom is 0.219 e. The van der Waals surface area contributed by atoms with Crippen LogP contribution in [0.1, 0.15) is 0 Å². The van der Waals surface area contributed by atoms with E-state index in [0.717, 1.165) is 11.4 Å². The summed E-state index contributed by atoms with van der Waals surface area (Å²) in [6.45, 7) is 0. The van der Waals surface area contributed by atoms with Crippen LogP contribution in [-0.4, -0.2) is 38.4 Å². The smallest absolute Gasteiger partial charge is 0.219 e. The number of aliphatic imine (C=N–C) groups is 2. The predicted octanol–water partition coefficient (Wildman–Crippen LogP) is 2.08. The molecule has 1 aromatic rings. The topological polar surface area (TPSA) is 93.3 Å². The van der Waals surface area contributed by atoms with Gasteiger partial charge in [0.2, 0.25) is 6.29 Å². The summed E-state index contributed by atoms with van der Waals surface area (Å²) in [6.07, 6.45) is 5.02. The molecule has 0 amide bonds. The molecule has 1 aromatic carbocycles. The average Bonchev–Trinajstić information content (AvgIpc) is 2.62. The highest BCUT2D eigenvalue weighted by molar-refractivity contribution is 6.30. The first-order chi connectivity index (χ1) is 12.1. The quantitative estimate of drug-likeness (QED) is 0.746. The molecule has 1 heterocycles. The number of hydrogen-bond acceptors (Lipinski definition) is 7. The van der Waals surface area contributed by atoms with Gasteiger partial charge < -0.3 is 25.8 Å². The Morgan fingerprint density at radius 1 is 1.20 bits per heavy atom. The Kier molecular flexibility index (Phi) is 5.25. The van der Waals surface area contributed by atoms with Gasteiger partial charge in [-0.25, -0.2) is 9.98 Å². The van der Waals surface area contributed by atoms with Gasteiger partial charge in [-0.3, -0.25) is 0 Å². The number of amidine groups is 1. The van der Waals surface area contributed by atoms with E-state index in [1.165, 1.54) is 0 Å². The van der Waals surface area contributed by atoms with Crippen LogP contribution in [0.3, 0.4) is 0 Å². The average molecular weight is 362 g/mol. The summed E-state index contributed by atoms with van der Waals surface area (Å²) in [5, 5.41) is 6.89. The maximum absolute atomic E-state index is 5.94. The van der Waals surface area contributed by atoms with Gasteiger partial charge >= 0.3 is 0 Å². The van der Waals surface area contributed by atoms with E-state index in [-0.39, 0.29) is 18.0 Å². The first-order valence-corrected chi connectivity index (χ1v) is 8.13. The molecule has 2 aliphatic rings. The van der Waals surface area contributed by atoms with E-state index in [0.29, 0.717) is 10.9 Å². The summed E-state index contributed by atoms with van der Waals surface area (Å²) < 4.78 is 10.8. The molecule has 8 heteroatoms. The molecule has 25 heavy (non-hydrogen) atoms. The zero-order chi connectivity index (χ0) is 17.8. The van der Waals surface area contributed by atoms with E-state index >= 15 is 0 Å². The van der Waals surface area contributed by atoms with Gasteiger partial charge in [-0.2, -0.15) is 0 Å². The number of nitrogens with two attached hydrogens (primary N) is 1. The van der Waals surface area contributed by atoms with Crippen molar-refractivity contribution in [1.29, 1.82) is 0 Å². The van der Waals surface area contributed by atoms with E-state index in [1.54, 1.807) is 26.4 Å². The number of allylic oxidation sites excluding steroid dienone is 1. The van der Waals surface area contributed by atoms with Gasteiger partial charge in [0.05, 0.1) is 19.1 Å². The number of nitrogens with one attached hydrogen (secondary N) is 2. The summed E-state index contributed by atoms with van der Waals surface area (Å²) in [5.41, 5.74) is 6.78. The third-order valence-corrected chi connectivity index (χ3v) is 4.14. The van der Waals surface area contributed by atoms with E-state index in [9.17, 15) is 0 Å². The molecule has 0 saturated carbocycles. The van der Waals surface area contributed by atoms with Gasteiger partial charge in [0, 0.05) is 17.8 Å². The number of rotatable bonds is 5. The molecular formula is C17H20ClN5O2. The van der Waals surface area contributed by atoms with Crippen molar-refractivity contribution in [3.05, 3.63) is 53.3 Å². The van der Waals surface area contributed by atoms with Crippen LogP contribution in [-0.2, 0) is 9.47 Å². The van der Waals surface area contributed by atoms with Crippen molar-refractivity contribution in [2.24, 2.45) is 21.6 Å². The van der Waals surface area contributed by atoms with Crippen LogP contribution in [0, 0.1) is 5.92 Å². The van der Waals surface area contributed by atoms with Gasteiger partial charge in [-0.05, 0) is 36.4 Å². The van der Waals surface area contributed by atoms with E-state index < -0.39 is 6.29 Å². The lowest BCUT2D eigenvalue weighted by molar-refractivity contribution is 0.121. The van der Waals surface area contributed by atoms with Crippen molar-refractivity contribution >= 4 is 29.1 Å². The van der Waals surface area contributed by atoms with E-state index in [4.69, 9.17) is 26.8 Å². The highest BCUT2D eigenvalue weighted by Gasteiger charge is 2.29. The van der Waals surface area contributed by atoms with Crippen molar-refractivity contribution in [2.75, 3.05) is 19.5 Å². The van der Waals surface area contributed by atoms with E-state index in [2.05, 4.69) is 20.6 Å². The van der Waals surface area contributed by atoms with Gasteiger partial charge in [-0.1, -0.05) is 17.7 Å². The predicted molar refractivity (Wildman–Crippen MR) is 99.6 cm³/mol. The number of benzene rings is 1. The van der Waals surface area contributed by atoms with Gasteiger partial charge in [0.1, 0.15) is 11.6 Å². The summed E-state index contributed by atoms with van der Waals surface area (Å²) >= 11 is 5.91. The molecule has 1 aliphatic heterocycles. The fraction of sp³-hybridized carbons (Fsp3) is 0.294. The SMILES string of the molecule is COC1=CC(C2=NC(Nc3ccc(Cl)cc3)N=C(N)N2)C(OC)C=C1.